The summed E-state index contributed by atoms with van der Waals surface area (Å²) in [6.45, 7) is 3.63. The normalized spacial score (nSPS) is 11.0. The maximum absolute atomic E-state index is 13.5. The first kappa shape index (κ1) is 29.0. The number of carboxylic acids is 1. The van der Waals surface area contributed by atoms with E-state index in [1.165, 1.54) is 12.1 Å². The number of rotatable bonds is 13. The Morgan fingerprint density at radius 2 is 1.70 bits per heavy atom. The van der Waals surface area contributed by atoms with Crippen molar-refractivity contribution in [1.82, 2.24) is 14.9 Å². The van der Waals surface area contributed by atoms with E-state index in [1.807, 2.05) is 25.1 Å². The number of aliphatic carboxylic acids is 1. The van der Waals surface area contributed by atoms with Crippen molar-refractivity contribution in [2.45, 2.75) is 39.0 Å². The molecule has 0 radical (unpaired) electrons. The van der Waals surface area contributed by atoms with Gasteiger partial charge in [0.05, 0.1) is 22.4 Å². The van der Waals surface area contributed by atoms with Gasteiger partial charge in [-0.2, -0.15) is 0 Å². The van der Waals surface area contributed by atoms with Crippen molar-refractivity contribution in [2.75, 3.05) is 25.0 Å². The smallest absolute Gasteiger partial charge is 0.303 e. The third kappa shape index (κ3) is 7.76. The number of hydrogen-bond donors (Lipinski definition) is 2. The third-order valence-electron chi connectivity index (χ3n) is 6.49. The molecule has 7 nitrogen and oxygen atoms in total. The zero-order chi connectivity index (χ0) is 28.5. The van der Waals surface area contributed by atoms with Crippen LogP contribution < -0.4 is 5.32 Å². The van der Waals surface area contributed by atoms with Crippen LogP contribution in [0.15, 0.2) is 66.7 Å². The van der Waals surface area contributed by atoms with E-state index in [0.29, 0.717) is 60.5 Å². The van der Waals surface area contributed by atoms with E-state index in [-0.39, 0.29) is 18.1 Å². The average Bonchev–Trinajstić information content (AvgIpc) is 2.95. The molecule has 0 fully saturated rings. The van der Waals surface area contributed by atoms with Gasteiger partial charge in [0.2, 0.25) is 0 Å². The van der Waals surface area contributed by atoms with Crippen LogP contribution in [0.2, 0.25) is 5.02 Å². The van der Waals surface area contributed by atoms with E-state index >= 15 is 0 Å². The first-order chi connectivity index (χ1) is 19.3. The minimum absolute atomic E-state index is 0.0964. The van der Waals surface area contributed by atoms with Crippen molar-refractivity contribution in [3.05, 3.63) is 88.8 Å². The Morgan fingerprint density at radius 1 is 0.950 bits per heavy atom. The molecular weight excluding hydrogens is 531 g/mol. The van der Waals surface area contributed by atoms with Crippen LogP contribution >= 0.6 is 11.6 Å². The second-order valence-corrected chi connectivity index (χ2v) is 9.99. The van der Waals surface area contributed by atoms with Gasteiger partial charge in [-0.05, 0) is 80.3 Å². The molecule has 208 valence electrons. The summed E-state index contributed by atoms with van der Waals surface area (Å²) < 4.78 is 13.2. The number of anilines is 1. The van der Waals surface area contributed by atoms with Crippen molar-refractivity contribution in [3.8, 4) is 11.3 Å². The zero-order valence-corrected chi connectivity index (χ0v) is 23.1. The summed E-state index contributed by atoms with van der Waals surface area (Å²) in [4.78, 5) is 36.0. The van der Waals surface area contributed by atoms with Crippen LogP contribution in [0, 0.1) is 5.82 Å². The molecule has 0 bridgehead atoms. The minimum Gasteiger partial charge on any atom is -0.481 e. The van der Waals surface area contributed by atoms with E-state index in [1.54, 1.807) is 41.3 Å². The van der Waals surface area contributed by atoms with Gasteiger partial charge in [-0.1, -0.05) is 30.7 Å². The number of carbonyl (C=O) groups is 2. The van der Waals surface area contributed by atoms with Crippen LogP contribution in [-0.4, -0.2) is 51.5 Å². The lowest BCUT2D eigenvalue weighted by Crippen LogP contribution is -2.35. The lowest BCUT2D eigenvalue weighted by atomic mass is 10.0. The molecule has 1 aromatic heterocycles. The number of fused-ring (bicyclic) bond motifs is 1. The van der Waals surface area contributed by atoms with Crippen LogP contribution in [0.1, 0.15) is 48.7 Å². The van der Waals surface area contributed by atoms with Crippen LogP contribution in [-0.2, 0) is 11.2 Å². The molecule has 4 aromatic rings. The fourth-order valence-corrected chi connectivity index (χ4v) is 4.60. The van der Waals surface area contributed by atoms with Crippen molar-refractivity contribution in [2.24, 2.45) is 0 Å². The molecule has 0 saturated carbocycles. The quantitative estimate of drug-likeness (QED) is 0.173. The zero-order valence-electron chi connectivity index (χ0n) is 22.4. The third-order valence-corrected chi connectivity index (χ3v) is 6.74. The van der Waals surface area contributed by atoms with Crippen LogP contribution in [0.5, 0.6) is 0 Å². The molecule has 40 heavy (non-hydrogen) atoms. The number of aryl methyl sites for hydroxylation is 1. The summed E-state index contributed by atoms with van der Waals surface area (Å²) in [6.07, 6.45) is 2.64. The molecule has 1 heterocycles. The molecule has 1 amide bonds. The highest BCUT2D eigenvalue weighted by Gasteiger charge is 2.18. The van der Waals surface area contributed by atoms with E-state index in [9.17, 15) is 14.0 Å². The fraction of sp³-hybridized carbons (Fsp3) is 0.290. The predicted molar refractivity (Wildman–Crippen MR) is 156 cm³/mol. The van der Waals surface area contributed by atoms with Gasteiger partial charge in [-0.3, -0.25) is 9.59 Å². The molecule has 3 aromatic carbocycles. The molecule has 2 N–H and O–H groups in total. The number of carbonyl (C=O) groups excluding carboxylic acids is 1. The van der Waals surface area contributed by atoms with Gasteiger partial charge in [0.15, 0.2) is 0 Å². The van der Waals surface area contributed by atoms with E-state index in [0.717, 1.165) is 29.1 Å². The molecule has 0 aliphatic carbocycles. The highest BCUT2D eigenvalue weighted by atomic mass is 35.5. The fourth-order valence-electron chi connectivity index (χ4n) is 4.48. The Labute approximate surface area is 238 Å². The number of nitrogens with one attached hydrogen (secondary N) is 1. The number of hydrogen-bond acceptors (Lipinski definition) is 5. The molecule has 0 aliphatic rings. The van der Waals surface area contributed by atoms with E-state index in [2.05, 4.69) is 5.32 Å². The summed E-state index contributed by atoms with van der Waals surface area (Å²) in [7, 11) is 0. The molecule has 4 rings (SSSR count). The lowest BCUT2D eigenvalue weighted by molar-refractivity contribution is -0.137. The largest absolute Gasteiger partial charge is 0.481 e. The summed E-state index contributed by atoms with van der Waals surface area (Å²) in [6, 6.07) is 18.8. The van der Waals surface area contributed by atoms with Gasteiger partial charge in [0.1, 0.15) is 5.82 Å². The first-order valence-corrected chi connectivity index (χ1v) is 13.8. The number of aromatic nitrogens is 2. The molecule has 0 spiro atoms. The summed E-state index contributed by atoms with van der Waals surface area (Å²) >= 11 is 6.08. The monoisotopic (exact) mass is 562 g/mol. The van der Waals surface area contributed by atoms with Crippen molar-refractivity contribution in [1.29, 1.82) is 0 Å². The molecule has 0 saturated heterocycles. The Hall–Kier alpha value is -4.04. The highest BCUT2D eigenvalue weighted by molar-refractivity contribution is 6.30. The lowest BCUT2D eigenvalue weighted by Gasteiger charge is -2.23. The highest BCUT2D eigenvalue weighted by Crippen LogP contribution is 2.27. The summed E-state index contributed by atoms with van der Waals surface area (Å²) in [5, 5.41) is 12.9. The molecular formula is C31H32ClFN4O3. The average molecular weight is 563 g/mol. The predicted octanol–water partition coefficient (Wildman–Crippen LogP) is 6.85. The molecule has 0 atom stereocenters. The van der Waals surface area contributed by atoms with Gasteiger partial charge in [-0.15, -0.1) is 0 Å². The van der Waals surface area contributed by atoms with Gasteiger partial charge in [-0.25, -0.2) is 14.4 Å². The topological polar surface area (TPSA) is 95.4 Å². The summed E-state index contributed by atoms with van der Waals surface area (Å²) in [5.41, 5.74) is 4.92. The number of amides is 1. The van der Waals surface area contributed by atoms with Crippen LogP contribution in [0.4, 0.5) is 10.1 Å². The standard InChI is InChI=1S/C31H32ClFN4O3/c1-2-18-37(19-17-34-25-14-12-24(33)13-15-25)31(40)22-9-16-26-28(20-22)35-27(5-3-4-6-29(38)39)30(36-26)21-7-10-23(32)11-8-21/h7-16,20,34H,2-6,17-19H2,1H3,(H,38,39). The second kappa shape index (κ2) is 13.8. The summed E-state index contributed by atoms with van der Waals surface area (Å²) in [5.74, 6) is -1.22. The van der Waals surface area contributed by atoms with Crippen molar-refractivity contribution < 1.29 is 19.1 Å². The number of halogens is 2. The van der Waals surface area contributed by atoms with Crippen molar-refractivity contribution in [3.63, 3.8) is 0 Å². The second-order valence-electron chi connectivity index (χ2n) is 9.56. The Kier molecular flexibility index (Phi) is 10.0. The van der Waals surface area contributed by atoms with Gasteiger partial charge in [0.25, 0.3) is 5.91 Å². The maximum Gasteiger partial charge on any atom is 0.303 e. The van der Waals surface area contributed by atoms with Crippen LogP contribution in [0.3, 0.4) is 0 Å². The molecule has 0 unspecified atom stereocenters. The Balaban J connectivity index is 1.57. The maximum atomic E-state index is 13.5. The van der Waals surface area contributed by atoms with Crippen molar-refractivity contribution >= 4 is 40.2 Å². The SMILES string of the molecule is CCCN(CCNc1ccc(F)cc1)C(=O)c1ccc2nc(-c3ccc(Cl)cc3)c(CCCCC(=O)O)nc2c1. The van der Waals surface area contributed by atoms with Gasteiger partial charge >= 0.3 is 5.97 Å². The van der Waals surface area contributed by atoms with Gasteiger partial charge in [0, 0.05) is 47.9 Å². The molecule has 9 heteroatoms. The number of benzene rings is 3. The van der Waals surface area contributed by atoms with Crippen LogP contribution in [0.25, 0.3) is 22.3 Å². The number of carboxylic acid groups (broad SMARTS) is 1. The van der Waals surface area contributed by atoms with Gasteiger partial charge < -0.3 is 15.3 Å². The molecule has 0 aliphatic heterocycles. The van der Waals surface area contributed by atoms with E-state index < -0.39 is 5.97 Å². The Morgan fingerprint density at radius 3 is 2.40 bits per heavy atom. The minimum atomic E-state index is -0.824. The van der Waals surface area contributed by atoms with E-state index in [4.69, 9.17) is 26.7 Å². The number of nitrogens with zero attached hydrogens (tertiary/aromatic N) is 3. The first-order valence-electron chi connectivity index (χ1n) is 13.4. The number of unbranched alkanes of at least 4 members (excludes halogenated alkanes) is 1. The Bertz CT molecular complexity index is 1460.